The largest absolute Gasteiger partial charge is 0.377 e. The fourth-order valence-electron chi connectivity index (χ4n) is 2.48. The minimum absolute atomic E-state index is 0.0345. The molecule has 2 aliphatic rings. The summed E-state index contributed by atoms with van der Waals surface area (Å²) < 4.78 is 33.0. The van der Waals surface area contributed by atoms with E-state index < -0.39 is 0 Å². The molecular formula is C16H30O6. The van der Waals surface area contributed by atoms with Crippen LogP contribution in [0.1, 0.15) is 38.5 Å². The molecule has 0 saturated carbocycles. The molecule has 2 saturated heterocycles. The Labute approximate surface area is 133 Å². The SMILES string of the molecule is C1CCC(OCCOCCOCCOC2CCCCO2)OC1. The summed E-state index contributed by atoms with van der Waals surface area (Å²) in [5.41, 5.74) is 0. The summed E-state index contributed by atoms with van der Waals surface area (Å²) in [6.45, 7) is 5.09. The van der Waals surface area contributed by atoms with Gasteiger partial charge >= 0.3 is 0 Å². The minimum Gasteiger partial charge on any atom is -0.377 e. The van der Waals surface area contributed by atoms with Gasteiger partial charge in [-0.3, -0.25) is 0 Å². The third-order valence-corrected chi connectivity index (χ3v) is 3.71. The molecule has 0 aromatic rings. The van der Waals surface area contributed by atoms with E-state index in [0.29, 0.717) is 39.6 Å². The van der Waals surface area contributed by atoms with Crippen LogP contribution in [-0.2, 0) is 28.4 Å². The van der Waals surface area contributed by atoms with E-state index in [0.717, 1.165) is 38.9 Å². The summed E-state index contributed by atoms with van der Waals surface area (Å²) >= 11 is 0. The summed E-state index contributed by atoms with van der Waals surface area (Å²) in [5.74, 6) is 0. The summed E-state index contributed by atoms with van der Waals surface area (Å²) in [7, 11) is 0. The number of hydrogen-bond donors (Lipinski definition) is 0. The molecule has 2 fully saturated rings. The Hall–Kier alpha value is -0.240. The summed E-state index contributed by atoms with van der Waals surface area (Å²) in [6.07, 6.45) is 6.58. The van der Waals surface area contributed by atoms with Crippen LogP contribution in [-0.4, -0.2) is 65.4 Å². The van der Waals surface area contributed by atoms with E-state index in [9.17, 15) is 0 Å². The lowest BCUT2D eigenvalue weighted by atomic mass is 10.2. The first-order valence-corrected chi connectivity index (χ1v) is 8.57. The topological polar surface area (TPSA) is 55.4 Å². The molecule has 0 aliphatic carbocycles. The summed E-state index contributed by atoms with van der Waals surface area (Å²) in [6, 6.07) is 0. The number of hydrogen-bond acceptors (Lipinski definition) is 6. The van der Waals surface area contributed by atoms with Crippen molar-refractivity contribution in [2.45, 2.75) is 51.1 Å². The Kier molecular flexibility index (Phi) is 10.1. The van der Waals surface area contributed by atoms with E-state index in [1.165, 1.54) is 12.8 Å². The van der Waals surface area contributed by atoms with Gasteiger partial charge in [0.25, 0.3) is 0 Å². The average molecular weight is 318 g/mol. The highest BCUT2D eigenvalue weighted by Crippen LogP contribution is 2.14. The first-order valence-electron chi connectivity index (χ1n) is 8.57. The van der Waals surface area contributed by atoms with Crippen LogP contribution in [0.15, 0.2) is 0 Å². The molecule has 0 aromatic carbocycles. The van der Waals surface area contributed by atoms with Crippen LogP contribution in [0.3, 0.4) is 0 Å². The quantitative estimate of drug-likeness (QED) is 0.544. The monoisotopic (exact) mass is 318 g/mol. The normalized spacial score (nSPS) is 26.2. The van der Waals surface area contributed by atoms with Crippen LogP contribution in [0.5, 0.6) is 0 Å². The second-order valence-electron chi connectivity index (χ2n) is 5.56. The van der Waals surface area contributed by atoms with Gasteiger partial charge in [0.05, 0.1) is 39.6 Å². The van der Waals surface area contributed by atoms with Gasteiger partial charge in [-0.2, -0.15) is 0 Å². The molecule has 2 rings (SSSR count). The molecule has 0 bridgehead atoms. The van der Waals surface area contributed by atoms with Crippen molar-refractivity contribution in [3.8, 4) is 0 Å². The van der Waals surface area contributed by atoms with Gasteiger partial charge < -0.3 is 28.4 Å². The maximum atomic E-state index is 5.57. The zero-order chi connectivity index (χ0) is 15.3. The standard InChI is InChI=1S/C16H30O6/c1-3-7-19-15(5-1)21-13-11-17-9-10-18-12-14-22-16-6-2-4-8-20-16/h15-16H,1-14H2. The van der Waals surface area contributed by atoms with Gasteiger partial charge in [0.2, 0.25) is 0 Å². The van der Waals surface area contributed by atoms with E-state index in [4.69, 9.17) is 28.4 Å². The van der Waals surface area contributed by atoms with E-state index >= 15 is 0 Å². The van der Waals surface area contributed by atoms with Crippen molar-refractivity contribution in [1.29, 1.82) is 0 Å². The molecule has 2 aliphatic heterocycles. The van der Waals surface area contributed by atoms with Gasteiger partial charge in [-0.15, -0.1) is 0 Å². The van der Waals surface area contributed by atoms with Crippen LogP contribution in [0.4, 0.5) is 0 Å². The zero-order valence-electron chi connectivity index (χ0n) is 13.5. The van der Waals surface area contributed by atoms with Gasteiger partial charge in [-0.05, 0) is 38.5 Å². The van der Waals surface area contributed by atoms with Gasteiger partial charge in [-0.1, -0.05) is 0 Å². The van der Waals surface area contributed by atoms with Crippen molar-refractivity contribution in [3.63, 3.8) is 0 Å². The molecule has 2 unspecified atom stereocenters. The minimum atomic E-state index is -0.0345. The highest BCUT2D eigenvalue weighted by Gasteiger charge is 2.14. The van der Waals surface area contributed by atoms with E-state index in [2.05, 4.69) is 0 Å². The maximum Gasteiger partial charge on any atom is 0.157 e. The van der Waals surface area contributed by atoms with Crippen LogP contribution in [0.2, 0.25) is 0 Å². The van der Waals surface area contributed by atoms with Crippen molar-refractivity contribution in [2.24, 2.45) is 0 Å². The maximum absolute atomic E-state index is 5.57. The molecular weight excluding hydrogens is 288 g/mol. The van der Waals surface area contributed by atoms with Crippen molar-refractivity contribution >= 4 is 0 Å². The molecule has 130 valence electrons. The predicted octanol–water partition coefficient (Wildman–Crippen LogP) is 2.11. The Bertz CT molecular complexity index is 225. The number of ether oxygens (including phenoxy) is 6. The third kappa shape index (κ3) is 8.41. The van der Waals surface area contributed by atoms with Crippen LogP contribution in [0.25, 0.3) is 0 Å². The van der Waals surface area contributed by atoms with Crippen LogP contribution >= 0.6 is 0 Å². The first-order chi connectivity index (χ1) is 10.9. The van der Waals surface area contributed by atoms with E-state index in [-0.39, 0.29) is 12.6 Å². The van der Waals surface area contributed by atoms with Gasteiger partial charge in [0.1, 0.15) is 0 Å². The second kappa shape index (κ2) is 12.2. The van der Waals surface area contributed by atoms with Crippen LogP contribution in [0, 0.1) is 0 Å². The third-order valence-electron chi connectivity index (χ3n) is 3.71. The molecule has 6 heteroatoms. The highest BCUT2D eigenvalue weighted by molar-refractivity contribution is 4.54. The lowest BCUT2D eigenvalue weighted by molar-refractivity contribution is -0.172. The predicted molar refractivity (Wildman–Crippen MR) is 80.7 cm³/mol. The number of rotatable bonds is 11. The molecule has 22 heavy (non-hydrogen) atoms. The lowest BCUT2D eigenvalue weighted by Gasteiger charge is -2.22. The highest BCUT2D eigenvalue weighted by atomic mass is 16.7. The summed E-state index contributed by atoms with van der Waals surface area (Å²) in [5, 5.41) is 0. The second-order valence-corrected chi connectivity index (χ2v) is 5.56. The van der Waals surface area contributed by atoms with Gasteiger partial charge in [0, 0.05) is 13.2 Å². The zero-order valence-corrected chi connectivity index (χ0v) is 13.5. The molecule has 0 aromatic heterocycles. The van der Waals surface area contributed by atoms with Crippen LogP contribution < -0.4 is 0 Å². The molecule has 2 heterocycles. The molecule has 0 N–H and O–H groups in total. The Balaban J connectivity index is 1.28. The average Bonchev–Trinajstić information content (AvgIpc) is 2.58. The Morgan fingerprint density at radius 2 is 1.05 bits per heavy atom. The first kappa shape index (κ1) is 18.1. The van der Waals surface area contributed by atoms with Crippen molar-refractivity contribution < 1.29 is 28.4 Å². The fourth-order valence-corrected chi connectivity index (χ4v) is 2.48. The van der Waals surface area contributed by atoms with Crippen molar-refractivity contribution in [1.82, 2.24) is 0 Å². The Morgan fingerprint density at radius 3 is 1.45 bits per heavy atom. The molecule has 0 radical (unpaired) electrons. The summed E-state index contributed by atoms with van der Waals surface area (Å²) in [4.78, 5) is 0. The molecule has 0 spiro atoms. The van der Waals surface area contributed by atoms with E-state index in [1.54, 1.807) is 0 Å². The smallest absolute Gasteiger partial charge is 0.157 e. The van der Waals surface area contributed by atoms with E-state index in [1.807, 2.05) is 0 Å². The van der Waals surface area contributed by atoms with Gasteiger partial charge in [-0.25, -0.2) is 0 Å². The van der Waals surface area contributed by atoms with Crippen molar-refractivity contribution in [3.05, 3.63) is 0 Å². The molecule has 6 nitrogen and oxygen atoms in total. The van der Waals surface area contributed by atoms with Crippen molar-refractivity contribution in [2.75, 3.05) is 52.9 Å². The Morgan fingerprint density at radius 1 is 0.591 bits per heavy atom. The lowest BCUT2D eigenvalue weighted by Crippen LogP contribution is -2.24. The van der Waals surface area contributed by atoms with Gasteiger partial charge in [0.15, 0.2) is 12.6 Å². The fraction of sp³-hybridized carbons (Fsp3) is 1.00. The molecule has 2 atom stereocenters. The molecule has 0 amide bonds.